The van der Waals surface area contributed by atoms with E-state index >= 15 is 0 Å². The first-order chi connectivity index (χ1) is 9.98. The number of aliphatic hydroxyl groups is 1. The first-order valence-electron chi connectivity index (χ1n) is 7.27. The Morgan fingerprint density at radius 2 is 2.19 bits per heavy atom. The molecule has 2 heterocycles. The SMILES string of the molecule is CN(CC1(O)CCOCC1)C(=O)CCCc1ccc(Br)s1. The third kappa shape index (κ3) is 5.36. The van der Waals surface area contributed by atoms with Crippen molar-refractivity contribution in [3.63, 3.8) is 0 Å². The van der Waals surface area contributed by atoms with Gasteiger partial charge in [-0.2, -0.15) is 0 Å². The molecule has 0 saturated carbocycles. The Morgan fingerprint density at radius 1 is 1.48 bits per heavy atom. The lowest BCUT2D eigenvalue weighted by atomic mass is 9.94. The van der Waals surface area contributed by atoms with Crippen LogP contribution in [0.25, 0.3) is 0 Å². The summed E-state index contributed by atoms with van der Waals surface area (Å²) in [5, 5.41) is 10.4. The lowest BCUT2D eigenvalue weighted by molar-refractivity contribution is -0.136. The molecule has 1 amide bonds. The fraction of sp³-hybridized carbons (Fsp3) is 0.667. The van der Waals surface area contributed by atoms with Crippen LogP contribution in [0.1, 0.15) is 30.6 Å². The molecule has 1 saturated heterocycles. The van der Waals surface area contributed by atoms with E-state index in [-0.39, 0.29) is 5.91 Å². The van der Waals surface area contributed by atoms with Gasteiger partial charge in [-0.1, -0.05) is 0 Å². The number of amides is 1. The molecule has 0 atom stereocenters. The maximum atomic E-state index is 12.1. The standard InChI is InChI=1S/C15H22BrNO3S/c1-17(11-15(19)7-9-20-10-8-15)14(18)4-2-3-12-5-6-13(16)21-12/h5-6,19H,2-4,7-11H2,1H3. The molecule has 0 bridgehead atoms. The van der Waals surface area contributed by atoms with Crippen LogP contribution in [0, 0.1) is 0 Å². The fourth-order valence-electron chi connectivity index (χ4n) is 2.53. The molecule has 1 aromatic heterocycles. The van der Waals surface area contributed by atoms with E-state index in [0.717, 1.165) is 16.6 Å². The van der Waals surface area contributed by atoms with Gasteiger partial charge in [0.1, 0.15) is 0 Å². The molecular formula is C15H22BrNO3S. The zero-order valence-electron chi connectivity index (χ0n) is 12.3. The molecule has 4 nitrogen and oxygen atoms in total. The number of thiophene rings is 1. The van der Waals surface area contributed by atoms with Gasteiger partial charge in [0.2, 0.25) is 5.91 Å². The van der Waals surface area contributed by atoms with Gasteiger partial charge < -0.3 is 14.7 Å². The summed E-state index contributed by atoms with van der Waals surface area (Å²) in [6.07, 6.45) is 3.51. The van der Waals surface area contributed by atoms with Crippen molar-refractivity contribution in [2.24, 2.45) is 0 Å². The van der Waals surface area contributed by atoms with Crippen molar-refractivity contribution in [3.8, 4) is 0 Å². The molecule has 2 rings (SSSR count). The Balaban J connectivity index is 1.72. The highest BCUT2D eigenvalue weighted by Gasteiger charge is 2.32. The second kappa shape index (κ2) is 7.72. The van der Waals surface area contributed by atoms with Crippen molar-refractivity contribution in [2.45, 2.75) is 37.7 Å². The molecule has 1 fully saturated rings. The number of rotatable bonds is 6. The highest BCUT2D eigenvalue weighted by Crippen LogP contribution is 2.24. The smallest absolute Gasteiger partial charge is 0.222 e. The summed E-state index contributed by atoms with van der Waals surface area (Å²) in [5.41, 5.74) is -0.777. The van der Waals surface area contributed by atoms with Gasteiger partial charge in [0.25, 0.3) is 0 Å². The molecule has 0 aromatic carbocycles. The maximum absolute atomic E-state index is 12.1. The van der Waals surface area contributed by atoms with E-state index in [4.69, 9.17) is 4.74 Å². The monoisotopic (exact) mass is 375 g/mol. The lowest BCUT2D eigenvalue weighted by Gasteiger charge is -2.35. The average Bonchev–Trinajstić information content (AvgIpc) is 2.84. The maximum Gasteiger partial charge on any atom is 0.222 e. The normalized spacial score (nSPS) is 17.7. The number of hydrogen-bond acceptors (Lipinski definition) is 4. The Kier molecular flexibility index (Phi) is 6.22. The Labute approximate surface area is 138 Å². The van der Waals surface area contributed by atoms with Crippen LogP contribution in [0.4, 0.5) is 0 Å². The molecular weight excluding hydrogens is 354 g/mol. The molecule has 6 heteroatoms. The van der Waals surface area contributed by atoms with Crippen molar-refractivity contribution in [3.05, 3.63) is 20.8 Å². The van der Waals surface area contributed by atoms with E-state index < -0.39 is 5.60 Å². The van der Waals surface area contributed by atoms with Crippen molar-refractivity contribution < 1.29 is 14.6 Å². The van der Waals surface area contributed by atoms with Crippen molar-refractivity contribution in [1.82, 2.24) is 4.90 Å². The quantitative estimate of drug-likeness (QED) is 0.831. The number of ether oxygens (including phenoxy) is 1. The predicted octanol–water partition coefficient (Wildman–Crippen LogP) is 2.83. The molecule has 118 valence electrons. The summed E-state index contributed by atoms with van der Waals surface area (Å²) in [7, 11) is 1.78. The van der Waals surface area contributed by atoms with E-state index in [1.165, 1.54) is 4.88 Å². The van der Waals surface area contributed by atoms with Crippen molar-refractivity contribution in [1.29, 1.82) is 0 Å². The number of halogens is 1. The van der Waals surface area contributed by atoms with Crippen LogP contribution in [0.15, 0.2) is 15.9 Å². The largest absolute Gasteiger partial charge is 0.388 e. The average molecular weight is 376 g/mol. The Morgan fingerprint density at radius 3 is 2.81 bits per heavy atom. The third-order valence-corrected chi connectivity index (χ3v) is 5.51. The van der Waals surface area contributed by atoms with E-state index in [1.807, 2.05) is 6.07 Å². The number of carbonyl (C=O) groups is 1. The number of hydrogen-bond donors (Lipinski definition) is 1. The molecule has 1 N–H and O–H groups in total. The van der Waals surface area contributed by atoms with Crippen molar-refractivity contribution >= 4 is 33.2 Å². The minimum absolute atomic E-state index is 0.102. The highest BCUT2D eigenvalue weighted by atomic mass is 79.9. The van der Waals surface area contributed by atoms with Gasteiger partial charge in [-0.25, -0.2) is 0 Å². The fourth-order valence-corrected chi connectivity index (χ4v) is 4.05. The summed E-state index contributed by atoms with van der Waals surface area (Å²) >= 11 is 5.16. The molecule has 21 heavy (non-hydrogen) atoms. The Bertz CT molecular complexity index is 471. The zero-order chi connectivity index (χ0) is 15.3. The first-order valence-corrected chi connectivity index (χ1v) is 8.88. The van der Waals surface area contributed by atoms with Gasteiger partial charge in [0.05, 0.1) is 9.39 Å². The van der Waals surface area contributed by atoms with Gasteiger partial charge in [-0.15, -0.1) is 11.3 Å². The van der Waals surface area contributed by atoms with Crippen LogP contribution in [0.5, 0.6) is 0 Å². The molecule has 1 aliphatic rings. The van der Waals surface area contributed by atoms with Crippen LogP contribution < -0.4 is 0 Å². The highest BCUT2D eigenvalue weighted by molar-refractivity contribution is 9.11. The van der Waals surface area contributed by atoms with Crippen LogP contribution in [0.3, 0.4) is 0 Å². The van der Waals surface area contributed by atoms with Gasteiger partial charge in [-0.3, -0.25) is 4.79 Å². The van der Waals surface area contributed by atoms with E-state index in [2.05, 4.69) is 22.0 Å². The number of nitrogens with zero attached hydrogens (tertiary/aromatic N) is 1. The summed E-state index contributed by atoms with van der Waals surface area (Å²) in [5.74, 6) is 0.102. The topological polar surface area (TPSA) is 49.8 Å². The molecule has 0 unspecified atom stereocenters. The minimum Gasteiger partial charge on any atom is -0.388 e. The van der Waals surface area contributed by atoms with E-state index in [9.17, 15) is 9.90 Å². The molecule has 1 aromatic rings. The Hall–Kier alpha value is -0.430. The number of aryl methyl sites for hydroxylation is 1. The zero-order valence-corrected chi connectivity index (χ0v) is 14.7. The van der Waals surface area contributed by atoms with Gasteiger partial charge in [-0.05, 0) is 40.9 Å². The second-order valence-electron chi connectivity index (χ2n) is 5.65. The van der Waals surface area contributed by atoms with E-state index in [1.54, 1.807) is 23.3 Å². The molecule has 0 spiro atoms. The van der Waals surface area contributed by atoms with Crippen LogP contribution in [0.2, 0.25) is 0 Å². The van der Waals surface area contributed by atoms with E-state index in [0.29, 0.717) is 39.0 Å². The molecule has 0 aliphatic carbocycles. The van der Waals surface area contributed by atoms with Gasteiger partial charge in [0, 0.05) is 50.9 Å². The van der Waals surface area contributed by atoms with Crippen LogP contribution in [-0.4, -0.2) is 48.3 Å². The lowest BCUT2D eigenvalue weighted by Crippen LogP contribution is -2.47. The minimum atomic E-state index is -0.777. The summed E-state index contributed by atoms with van der Waals surface area (Å²) in [4.78, 5) is 15.1. The van der Waals surface area contributed by atoms with Crippen LogP contribution in [-0.2, 0) is 16.0 Å². The summed E-state index contributed by atoms with van der Waals surface area (Å²) in [6.45, 7) is 1.55. The second-order valence-corrected chi connectivity index (χ2v) is 8.19. The number of carbonyl (C=O) groups excluding carboxylic acids is 1. The third-order valence-electron chi connectivity index (χ3n) is 3.82. The van der Waals surface area contributed by atoms with Gasteiger partial charge in [0.15, 0.2) is 0 Å². The summed E-state index contributed by atoms with van der Waals surface area (Å²) < 4.78 is 6.38. The predicted molar refractivity (Wildman–Crippen MR) is 87.6 cm³/mol. The molecule has 0 radical (unpaired) electrons. The summed E-state index contributed by atoms with van der Waals surface area (Å²) in [6, 6.07) is 4.13. The first kappa shape index (κ1) is 16.9. The van der Waals surface area contributed by atoms with Gasteiger partial charge >= 0.3 is 0 Å². The number of likely N-dealkylation sites (N-methyl/N-ethyl adjacent to an activating group) is 1. The van der Waals surface area contributed by atoms with Crippen molar-refractivity contribution in [2.75, 3.05) is 26.8 Å². The molecule has 1 aliphatic heterocycles. The van der Waals surface area contributed by atoms with Crippen LogP contribution >= 0.6 is 27.3 Å².